The number of alkyl halides is 3. The van der Waals surface area contributed by atoms with Gasteiger partial charge >= 0.3 is 12.1 Å². The standard InChI is InChI=1S/C26H28F3N3O4/c1-16(2)35-22-8-7-20(15-21(22)26(27,28)29)25-30-24(31-36-25)19-6-5-17-9-12-32(11-3-4-23(33)34)13-10-18(17)14-19/h5-8,14-16H,3-4,9-13H2,1-2H3,(H,33,34). The van der Waals surface area contributed by atoms with E-state index in [4.69, 9.17) is 14.4 Å². The number of halogens is 3. The van der Waals surface area contributed by atoms with E-state index in [1.54, 1.807) is 13.8 Å². The van der Waals surface area contributed by atoms with Gasteiger partial charge in [0.1, 0.15) is 5.75 Å². The lowest BCUT2D eigenvalue weighted by Gasteiger charge is -2.18. The van der Waals surface area contributed by atoms with E-state index in [-0.39, 0.29) is 23.6 Å². The summed E-state index contributed by atoms with van der Waals surface area (Å²) in [6.45, 7) is 5.74. The highest BCUT2D eigenvalue weighted by molar-refractivity contribution is 5.66. The van der Waals surface area contributed by atoms with Crippen molar-refractivity contribution in [3.8, 4) is 28.6 Å². The average molecular weight is 504 g/mol. The van der Waals surface area contributed by atoms with Crippen molar-refractivity contribution in [2.45, 2.75) is 51.8 Å². The Kier molecular flexibility index (Phi) is 7.63. The molecule has 0 atom stereocenters. The number of fused-ring (bicyclic) bond motifs is 1. The molecular weight excluding hydrogens is 475 g/mol. The van der Waals surface area contributed by atoms with Crippen molar-refractivity contribution >= 4 is 5.97 Å². The smallest absolute Gasteiger partial charge is 0.419 e. The van der Waals surface area contributed by atoms with Gasteiger partial charge in [0, 0.05) is 30.6 Å². The van der Waals surface area contributed by atoms with Crippen LogP contribution in [0.3, 0.4) is 0 Å². The number of nitrogens with zero attached hydrogens (tertiary/aromatic N) is 3. The topological polar surface area (TPSA) is 88.7 Å². The summed E-state index contributed by atoms with van der Waals surface area (Å²) in [5, 5.41) is 12.9. The highest BCUT2D eigenvalue weighted by atomic mass is 19.4. The van der Waals surface area contributed by atoms with Crippen LogP contribution in [0.25, 0.3) is 22.8 Å². The van der Waals surface area contributed by atoms with Gasteiger partial charge in [-0.2, -0.15) is 18.2 Å². The highest BCUT2D eigenvalue weighted by Gasteiger charge is 2.35. The van der Waals surface area contributed by atoms with Gasteiger partial charge in [0.2, 0.25) is 5.82 Å². The number of carboxylic acids is 1. The first-order valence-corrected chi connectivity index (χ1v) is 11.9. The van der Waals surface area contributed by atoms with E-state index in [0.29, 0.717) is 12.2 Å². The van der Waals surface area contributed by atoms with E-state index in [9.17, 15) is 18.0 Å². The van der Waals surface area contributed by atoms with Crippen LogP contribution in [0.1, 0.15) is 43.4 Å². The Hall–Kier alpha value is -3.40. The molecule has 2 aromatic carbocycles. The Morgan fingerprint density at radius 2 is 1.83 bits per heavy atom. The van der Waals surface area contributed by atoms with Gasteiger partial charge < -0.3 is 19.3 Å². The Bertz CT molecular complexity index is 1220. The highest BCUT2D eigenvalue weighted by Crippen LogP contribution is 2.39. The molecule has 0 fully saturated rings. The molecule has 2 heterocycles. The number of aromatic nitrogens is 2. The Morgan fingerprint density at radius 3 is 2.53 bits per heavy atom. The molecule has 0 aliphatic carbocycles. The predicted octanol–water partition coefficient (Wildman–Crippen LogP) is 5.48. The maximum Gasteiger partial charge on any atom is 0.419 e. The molecule has 0 bridgehead atoms. The monoisotopic (exact) mass is 503 g/mol. The van der Waals surface area contributed by atoms with Crippen LogP contribution in [-0.4, -0.2) is 51.9 Å². The van der Waals surface area contributed by atoms with Gasteiger partial charge in [-0.3, -0.25) is 4.79 Å². The van der Waals surface area contributed by atoms with E-state index in [2.05, 4.69) is 15.0 Å². The fraction of sp³-hybridized carbons (Fsp3) is 0.423. The van der Waals surface area contributed by atoms with Crippen LogP contribution < -0.4 is 4.74 Å². The molecular formula is C26H28F3N3O4. The molecule has 7 nitrogen and oxygen atoms in total. The summed E-state index contributed by atoms with van der Waals surface area (Å²) in [4.78, 5) is 17.4. The van der Waals surface area contributed by atoms with Crippen molar-refractivity contribution in [2.75, 3.05) is 19.6 Å². The molecule has 1 N–H and O–H groups in total. The second kappa shape index (κ2) is 10.7. The first kappa shape index (κ1) is 25.7. The first-order valence-electron chi connectivity index (χ1n) is 11.9. The number of hydrogen-bond acceptors (Lipinski definition) is 6. The summed E-state index contributed by atoms with van der Waals surface area (Å²) in [5.41, 5.74) is 2.34. The lowest BCUT2D eigenvalue weighted by molar-refractivity contribution is -0.139. The minimum absolute atomic E-state index is 0.00820. The number of rotatable bonds is 8. The van der Waals surface area contributed by atoms with E-state index < -0.39 is 23.8 Å². The van der Waals surface area contributed by atoms with Crippen molar-refractivity contribution in [3.63, 3.8) is 0 Å². The molecule has 0 saturated heterocycles. The zero-order valence-electron chi connectivity index (χ0n) is 20.1. The zero-order valence-corrected chi connectivity index (χ0v) is 20.1. The molecule has 1 aliphatic rings. The van der Waals surface area contributed by atoms with Crippen LogP contribution in [0.15, 0.2) is 40.9 Å². The van der Waals surface area contributed by atoms with Crippen LogP contribution in [-0.2, 0) is 23.8 Å². The minimum atomic E-state index is -4.60. The quantitative estimate of drug-likeness (QED) is 0.436. The molecule has 3 aromatic rings. The molecule has 10 heteroatoms. The van der Waals surface area contributed by atoms with Crippen LogP contribution >= 0.6 is 0 Å². The lowest BCUT2D eigenvalue weighted by atomic mass is 10.00. The van der Waals surface area contributed by atoms with Gasteiger partial charge in [0.25, 0.3) is 5.89 Å². The molecule has 4 rings (SSSR count). The van der Waals surface area contributed by atoms with Crippen molar-refractivity contribution in [2.24, 2.45) is 0 Å². The average Bonchev–Trinajstić information content (AvgIpc) is 3.21. The van der Waals surface area contributed by atoms with Gasteiger partial charge in [-0.05, 0) is 75.0 Å². The van der Waals surface area contributed by atoms with Gasteiger partial charge in [-0.25, -0.2) is 0 Å². The normalized spacial score (nSPS) is 14.5. The number of hydrogen-bond donors (Lipinski definition) is 1. The minimum Gasteiger partial charge on any atom is -0.490 e. The van der Waals surface area contributed by atoms with Gasteiger partial charge in [0.05, 0.1) is 11.7 Å². The number of carboxylic acid groups (broad SMARTS) is 1. The first-order chi connectivity index (χ1) is 17.1. The third kappa shape index (κ3) is 6.23. The van der Waals surface area contributed by atoms with Crippen LogP contribution in [0.4, 0.5) is 13.2 Å². The number of benzene rings is 2. The summed E-state index contributed by atoms with van der Waals surface area (Å²) >= 11 is 0. The van der Waals surface area contributed by atoms with E-state index in [1.165, 1.54) is 17.7 Å². The van der Waals surface area contributed by atoms with Crippen LogP contribution in [0, 0.1) is 0 Å². The fourth-order valence-electron chi connectivity index (χ4n) is 4.29. The zero-order chi connectivity index (χ0) is 25.9. The fourth-order valence-corrected chi connectivity index (χ4v) is 4.29. The van der Waals surface area contributed by atoms with E-state index in [1.807, 2.05) is 18.2 Å². The maximum absolute atomic E-state index is 13.6. The summed E-state index contributed by atoms with van der Waals surface area (Å²) < 4.78 is 51.5. The van der Waals surface area contributed by atoms with Crippen molar-refractivity contribution in [3.05, 3.63) is 53.1 Å². The molecule has 1 aromatic heterocycles. The lowest BCUT2D eigenvalue weighted by Crippen LogP contribution is -2.27. The second-order valence-corrected chi connectivity index (χ2v) is 9.12. The largest absolute Gasteiger partial charge is 0.490 e. The Balaban J connectivity index is 1.52. The predicted molar refractivity (Wildman–Crippen MR) is 127 cm³/mol. The summed E-state index contributed by atoms with van der Waals surface area (Å²) in [7, 11) is 0. The molecule has 1 aliphatic heterocycles. The molecule has 192 valence electrons. The molecule has 0 radical (unpaired) electrons. The van der Waals surface area contributed by atoms with Gasteiger partial charge in [-0.15, -0.1) is 0 Å². The molecule has 36 heavy (non-hydrogen) atoms. The van der Waals surface area contributed by atoms with Crippen molar-refractivity contribution in [1.82, 2.24) is 15.0 Å². The van der Waals surface area contributed by atoms with Gasteiger partial charge in [-0.1, -0.05) is 17.3 Å². The Labute approximate surface area is 206 Å². The Morgan fingerprint density at radius 1 is 1.11 bits per heavy atom. The third-order valence-electron chi connectivity index (χ3n) is 6.04. The molecule has 0 spiro atoms. The van der Waals surface area contributed by atoms with Crippen molar-refractivity contribution < 1.29 is 32.3 Å². The molecule has 0 unspecified atom stereocenters. The summed E-state index contributed by atoms with van der Waals surface area (Å²) in [6.07, 6.45) is -2.58. The number of aliphatic carboxylic acids is 1. The molecule has 0 amide bonds. The summed E-state index contributed by atoms with van der Waals surface area (Å²) in [6, 6.07) is 9.60. The van der Waals surface area contributed by atoms with Gasteiger partial charge in [0.15, 0.2) is 0 Å². The van der Waals surface area contributed by atoms with E-state index in [0.717, 1.165) is 49.7 Å². The van der Waals surface area contributed by atoms with Crippen LogP contribution in [0.5, 0.6) is 5.75 Å². The number of ether oxygens (including phenoxy) is 1. The second-order valence-electron chi connectivity index (χ2n) is 9.12. The van der Waals surface area contributed by atoms with Crippen LogP contribution in [0.2, 0.25) is 0 Å². The third-order valence-corrected chi connectivity index (χ3v) is 6.04. The van der Waals surface area contributed by atoms with E-state index >= 15 is 0 Å². The SMILES string of the molecule is CC(C)Oc1ccc(-c2nc(-c3ccc4c(c3)CCN(CCCC(=O)O)CC4)no2)cc1C(F)(F)F. The van der Waals surface area contributed by atoms with Crippen molar-refractivity contribution in [1.29, 1.82) is 0 Å². The summed E-state index contributed by atoms with van der Waals surface area (Å²) in [5.74, 6) is -0.743. The maximum atomic E-state index is 13.6. The molecule has 0 saturated carbocycles. The number of carbonyl (C=O) groups is 1.